The molecule has 0 atom stereocenters. The Labute approximate surface area is 94.4 Å². The highest BCUT2D eigenvalue weighted by Gasteiger charge is 1.70. The van der Waals surface area contributed by atoms with Crippen molar-refractivity contribution in [2.45, 2.75) is 32.6 Å². The van der Waals surface area contributed by atoms with Gasteiger partial charge in [-0.25, -0.2) is 0 Å². The first-order valence-corrected chi connectivity index (χ1v) is 5.66. The molecule has 0 amide bonds. The van der Waals surface area contributed by atoms with Crippen molar-refractivity contribution in [1.29, 1.82) is 0 Å². The van der Waals surface area contributed by atoms with E-state index in [0.717, 1.165) is 12.8 Å². The maximum atomic E-state index is 3.66. The van der Waals surface area contributed by atoms with Gasteiger partial charge in [0.25, 0.3) is 0 Å². The smallest absolute Gasteiger partial charge is 0.0166 e. The number of rotatable bonds is 8. The number of unbranched alkanes of at least 4 members (excludes halogenated alkanes) is 1. The van der Waals surface area contributed by atoms with Gasteiger partial charge in [0.15, 0.2) is 0 Å². The first kappa shape index (κ1) is 13.7. The molecule has 0 radical (unpaired) electrons. The molecule has 0 unspecified atom stereocenters. The van der Waals surface area contributed by atoms with Crippen LogP contribution in [-0.2, 0) is 0 Å². The highest BCUT2D eigenvalue weighted by atomic mass is 13.8. The van der Waals surface area contributed by atoms with Crippen LogP contribution in [0.15, 0.2) is 61.3 Å². The van der Waals surface area contributed by atoms with Crippen molar-refractivity contribution in [2.24, 2.45) is 0 Å². The molecule has 0 aromatic carbocycles. The molecule has 0 aromatic heterocycles. The monoisotopic (exact) mass is 202 g/mol. The molecule has 0 fully saturated rings. The zero-order chi connectivity index (χ0) is 11.2. The number of allylic oxidation sites excluding steroid dienone is 9. The Kier molecular flexibility index (Phi) is 11.6. The summed E-state index contributed by atoms with van der Waals surface area (Å²) in [6.07, 6.45) is 23.2. The number of hydrogen-bond acceptors (Lipinski definition) is 0. The van der Waals surface area contributed by atoms with Gasteiger partial charge in [-0.1, -0.05) is 68.0 Å². The van der Waals surface area contributed by atoms with E-state index in [1.807, 2.05) is 6.08 Å². The third-order valence-corrected chi connectivity index (χ3v) is 1.80. The second kappa shape index (κ2) is 12.7. The van der Waals surface area contributed by atoms with Gasteiger partial charge in [0.1, 0.15) is 0 Å². The minimum Gasteiger partial charge on any atom is -0.103 e. The Bertz CT molecular complexity index is 239. The molecule has 0 aliphatic rings. The van der Waals surface area contributed by atoms with E-state index >= 15 is 0 Å². The van der Waals surface area contributed by atoms with E-state index in [2.05, 4.69) is 62.1 Å². The van der Waals surface area contributed by atoms with Gasteiger partial charge in [0, 0.05) is 0 Å². The highest BCUT2D eigenvalue weighted by Crippen LogP contribution is 1.91. The molecule has 0 nitrogen and oxygen atoms in total. The summed E-state index contributed by atoms with van der Waals surface area (Å²) in [5, 5.41) is 0. The van der Waals surface area contributed by atoms with Crippen molar-refractivity contribution < 1.29 is 0 Å². The zero-order valence-corrected chi connectivity index (χ0v) is 9.73. The maximum Gasteiger partial charge on any atom is -0.0166 e. The Morgan fingerprint density at radius 3 is 2.13 bits per heavy atom. The lowest BCUT2D eigenvalue weighted by Crippen LogP contribution is -1.60. The van der Waals surface area contributed by atoms with Gasteiger partial charge in [-0.3, -0.25) is 0 Å². The van der Waals surface area contributed by atoms with Crippen LogP contribution >= 0.6 is 0 Å². The van der Waals surface area contributed by atoms with E-state index in [9.17, 15) is 0 Å². The van der Waals surface area contributed by atoms with Crippen molar-refractivity contribution in [1.82, 2.24) is 0 Å². The summed E-state index contributed by atoms with van der Waals surface area (Å²) in [6, 6.07) is 0. The van der Waals surface area contributed by atoms with E-state index in [4.69, 9.17) is 0 Å². The Morgan fingerprint density at radius 2 is 1.47 bits per heavy atom. The lowest BCUT2D eigenvalue weighted by Gasteiger charge is -1.81. The van der Waals surface area contributed by atoms with Crippen LogP contribution in [0.5, 0.6) is 0 Å². The Balaban J connectivity index is 3.48. The van der Waals surface area contributed by atoms with Gasteiger partial charge in [-0.15, -0.1) is 6.58 Å². The van der Waals surface area contributed by atoms with Crippen molar-refractivity contribution in [2.75, 3.05) is 0 Å². The normalized spacial score (nSPS) is 12.6. The predicted octanol–water partition coefficient (Wildman–Crippen LogP) is 4.98. The van der Waals surface area contributed by atoms with Gasteiger partial charge in [0.05, 0.1) is 0 Å². The van der Waals surface area contributed by atoms with Gasteiger partial charge < -0.3 is 0 Å². The van der Waals surface area contributed by atoms with Crippen LogP contribution in [-0.4, -0.2) is 0 Å². The molecule has 15 heavy (non-hydrogen) atoms. The summed E-state index contributed by atoms with van der Waals surface area (Å²) >= 11 is 0. The molecule has 0 spiro atoms. The van der Waals surface area contributed by atoms with Crippen LogP contribution in [0.4, 0.5) is 0 Å². The van der Waals surface area contributed by atoms with E-state index in [0.29, 0.717) is 0 Å². The molecule has 0 aliphatic heterocycles. The quantitative estimate of drug-likeness (QED) is 0.385. The van der Waals surface area contributed by atoms with Gasteiger partial charge in [-0.2, -0.15) is 0 Å². The summed E-state index contributed by atoms with van der Waals surface area (Å²) in [5.41, 5.74) is 0. The SMILES string of the molecule is C=CCC=CCC=CC=CC=CCCC. The summed E-state index contributed by atoms with van der Waals surface area (Å²) in [5.74, 6) is 0. The fourth-order valence-electron chi connectivity index (χ4n) is 0.994. The second-order valence-electron chi connectivity index (χ2n) is 3.26. The first-order chi connectivity index (χ1) is 7.41. The molecule has 82 valence electrons. The molecule has 0 N–H and O–H groups in total. The molecule has 0 bridgehead atoms. The lowest BCUT2D eigenvalue weighted by molar-refractivity contribution is 0.959. The summed E-state index contributed by atoms with van der Waals surface area (Å²) in [4.78, 5) is 0. The van der Waals surface area contributed by atoms with Crippen LogP contribution in [0, 0.1) is 0 Å². The average Bonchev–Trinajstić information content (AvgIpc) is 2.26. The van der Waals surface area contributed by atoms with Crippen molar-refractivity contribution in [3.8, 4) is 0 Å². The van der Waals surface area contributed by atoms with Crippen molar-refractivity contribution in [3.05, 3.63) is 61.3 Å². The minimum absolute atomic E-state index is 0.962. The van der Waals surface area contributed by atoms with Gasteiger partial charge >= 0.3 is 0 Å². The largest absolute Gasteiger partial charge is 0.103 e. The summed E-state index contributed by atoms with van der Waals surface area (Å²) in [6.45, 7) is 5.84. The van der Waals surface area contributed by atoms with Crippen LogP contribution in [0.25, 0.3) is 0 Å². The third kappa shape index (κ3) is 12.7. The molecule has 0 heterocycles. The Morgan fingerprint density at radius 1 is 0.800 bits per heavy atom. The second-order valence-corrected chi connectivity index (χ2v) is 3.26. The molecule has 0 aliphatic carbocycles. The third-order valence-electron chi connectivity index (χ3n) is 1.80. The summed E-state index contributed by atoms with van der Waals surface area (Å²) < 4.78 is 0. The molecule has 0 aromatic rings. The molecular weight excluding hydrogens is 180 g/mol. The van der Waals surface area contributed by atoms with Gasteiger partial charge in [-0.05, 0) is 19.3 Å². The fourth-order valence-corrected chi connectivity index (χ4v) is 0.994. The highest BCUT2D eigenvalue weighted by molar-refractivity contribution is 5.11. The first-order valence-electron chi connectivity index (χ1n) is 5.66. The zero-order valence-electron chi connectivity index (χ0n) is 9.73. The Hall–Kier alpha value is -1.30. The van der Waals surface area contributed by atoms with E-state index in [-0.39, 0.29) is 0 Å². The fraction of sp³-hybridized carbons (Fsp3) is 0.333. The predicted molar refractivity (Wildman–Crippen MR) is 70.9 cm³/mol. The van der Waals surface area contributed by atoms with Crippen LogP contribution in [0.1, 0.15) is 32.6 Å². The van der Waals surface area contributed by atoms with Crippen LogP contribution in [0.3, 0.4) is 0 Å². The van der Waals surface area contributed by atoms with Crippen LogP contribution < -0.4 is 0 Å². The average molecular weight is 202 g/mol. The minimum atomic E-state index is 0.962. The van der Waals surface area contributed by atoms with E-state index < -0.39 is 0 Å². The molecule has 0 saturated carbocycles. The molecule has 0 saturated heterocycles. The molecular formula is C15H22. The van der Waals surface area contributed by atoms with Crippen LogP contribution in [0.2, 0.25) is 0 Å². The topological polar surface area (TPSA) is 0 Å². The van der Waals surface area contributed by atoms with Crippen molar-refractivity contribution in [3.63, 3.8) is 0 Å². The summed E-state index contributed by atoms with van der Waals surface area (Å²) in [7, 11) is 0. The maximum absolute atomic E-state index is 3.66. The molecule has 0 rings (SSSR count). The standard InChI is InChI=1S/C15H22/c1-3-5-7-9-11-13-15-14-12-10-8-6-4-2/h3,7-10,12-15H,1,4-6,11H2,2H3. The van der Waals surface area contributed by atoms with E-state index in [1.165, 1.54) is 12.8 Å². The van der Waals surface area contributed by atoms with Crippen molar-refractivity contribution >= 4 is 0 Å². The number of hydrogen-bond donors (Lipinski definition) is 0. The lowest BCUT2D eigenvalue weighted by atomic mass is 10.3. The van der Waals surface area contributed by atoms with E-state index in [1.54, 1.807) is 0 Å². The molecule has 0 heteroatoms. The van der Waals surface area contributed by atoms with Gasteiger partial charge in [0.2, 0.25) is 0 Å².